The minimum absolute atomic E-state index is 0.0203. The summed E-state index contributed by atoms with van der Waals surface area (Å²) in [5, 5.41) is 14.5. The second-order valence-electron chi connectivity index (χ2n) is 6.19. The Bertz CT molecular complexity index is 1150. The van der Waals surface area contributed by atoms with Crippen molar-refractivity contribution in [2.75, 3.05) is 0 Å². The van der Waals surface area contributed by atoms with Gasteiger partial charge >= 0.3 is 5.97 Å². The molecule has 0 unspecified atom stereocenters. The number of carboxylic acid groups (broad SMARTS) is 1. The molecule has 144 valence electrons. The van der Waals surface area contributed by atoms with E-state index in [1.165, 1.54) is 35.0 Å². The number of ether oxygens (including phenoxy) is 1. The Labute approximate surface area is 170 Å². The van der Waals surface area contributed by atoms with Crippen LogP contribution in [0.25, 0.3) is 16.9 Å². The van der Waals surface area contributed by atoms with Gasteiger partial charge in [0.2, 0.25) is 0 Å². The van der Waals surface area contributed by atoms with Gasteiger partial charge in [-0.2, -0.15) is 5.10 Å². The quantitative estimate of drug-likeness (QED) is 0.451. The van der Waals surface area contributed by atoms with Gasteiger partial charge in [0.25, 0.3) is 0 Å². The molecule has 0 bridgehead atoms. The summed E-state index contributed by atoms with van der Waals surface area (Å²) in [5.41, 5.74) is 1.63. The average Bonchev–Trinajstić information content (AvgIpc) is 3.17. The molecule has 0 amide bonds. The lowest BCUT2D eigenvalue weighted by molar-refractivity contribution is 0.0687. The molecule has 5 nitrogen and oxygen atoms in total. The molecule has 0 aliphatic heterocycles. The van der Waals surface area contributed by atoms with Gasteiger partial charge in [0.15, 0.2) is 5.69 Å². The Morgan fingerprint density at radius 3 is 2.10 bits per heavy atom. The van der Waals surface area contributed by atoms with Gasteiger partial charge in [-0.3, -0.25) is 0 Å². The second kappa shape index (κ2) is 7.77. The van der Waals surface area contributed by atoms with Gasteiger partial charge in [-0.05, 0) is 78.9 Å². The molecule has 29 heavy (non-hydrogen) atoms. The first-order valence-electron chi connectivity index (χ1n) is 8.63. The van der Waals surface area contributed by atoms with Crippen LogP contribution in [0.5, 0.6) is 11.5 Å². The molecular formula is C22H14ClFN2O3. The number of hydrogen-bond acceptors (Lipinski definition) is 3. The number of aromatic carboxylic acids is 1. The molecule has 1 aromatic heterocycles. The van der Waals surface area contributed by atoms with Gasteiger partial charge < -0.3 is 9.84 Å². The Kier molecular flexibility index (Phi) is 5.01. The topological polar surface area (TPSA) is 64.3 Å². The standard InChI is InChI=1S/C22H14ClFN2O3/c23-15-3-11-19(12-4-15)29-18-9-1-14(2-10-18)20-13-21(22(27)28)26(25-20)17-7-5-16(24)6-8-17/h1-13H,(H,27,28). The van der Waals surface area contributed by atoms with Crippen LogP contribution in [0.1, 0.15) is 10.5 Å². The zero-order valence-electron chi connectivity index (χ0n) is 14.9. The zero-order valence-corrected chi connectivity index (χ0v) is 15.7. The first-order valence-corrected chi connectivity index (χ1v) is 9.00. The van der Waals surface area contributed by atoms with Gasteiger partial charge in [0, 0.05) is 10.6 Å². The lowest BCUT2D eigenvalue weighted by atomic mass is 10.1. The highest BCUT2D eigenvalue weighted by Gasteiger charge is 2.17. The van der Waals surface area contributed by atoms with E-state index in [4.69, 9.17) is 16.3 Å². The van der Waals surface area contributed by atoms with Crippen LogP contribution < -0.4 is 4.74 Å². The molecule has 1 N–H and O–H groups in total. The maximum Gasteiger partial charge on any atom is 0.354 e. The van der Waals surface area contributed by atoms with Gasteiger partial charge in [0.05, 0.1) is 11.4 Å². The number of rotatable bonds is 5. The van der Waals surface area contributed by atoms with Crippen molar-refractivity contribution in [3.05, 3.63) is 95.4 Å². The molecule has 0 aliphatic carbocycles. The third-order valence-electron chi connectivity index (χ3n) is 4.20. The van der Waals surface area contributed by atoms with Crippen LogP contribution in [-0.2, 0) is 0 Å². The molecule has 0 radical (unpaired) electrons. The number of carboxylic acids is 1. The summed E-state index contributed by atoms with van der Waals surface area (Å²) in [6.45, 7) is 0. The Hall–Kier alpha value is -3.64. The number of hydrogen-bond donors (Lipinski definition) is 1. The van der Waals surface area contributed by atoms with Crippen LogP contribution in [0.4, 0.5) is 4.39 Å². The van der Waals surface area contributed by atoms with Gasteiger partial charge in [-0.25, -0.2) is 13.9 Å². The average molecular weight is 409 g/mol. The monoisotopic (exact) mass is 408 g/mol. The number of benzene rings is 3. The number of aromatic nitrogens is 2. The van der Waals surface area contributed by atoms with E-state index in [2.05, 4.69) is 5.10 Å². The van der Waals surface area contributed by atoms with Crippen molar-refractivity contribution in [1.82, 2.24) is 9.78 Å². The molecule has 4 rings (SSSR count). The van der Waals surface area contributed by atoms with Crippen LogP contribution >= 0.6 is 11.6 Å². The summed E-state index contributed by atoms with van der Waals surface area (Å²) < 4.78 is 20.2. The molecule has 1 heterocycles. The molecule has 0 saturated heterocycles. The highest BCUT2D eigenvalue weighted by molar-refractivity contribution is 6.30. The smallest absolute Gasteiger partial charge is 0.354 e. The SMILES string of the molecule is O=C(O)c1cc(-c2ccc(Oc3ccc(Cl)cc3)cc2)nn1-c1ccc(F)cc1. The largest absolute Gasteiger partial charge is 0.477 e. The molecular weight excluding hydrogens is 395 g/mol. The zero-order chi connectivity index (χ0) is 20.4. The van der Waals surface area contributed by atoms with Crippen molar-refractivity contribution in [3.63, 3.8) is 0 Å². The van der Waals surface area contributed by atoms with Crippen molar-refractivity contribution >= 4 is 17.6 Å². The molecule has 0 saturated carbocycles. The highest BCUT2D eigenvalue weighted by Crippen LogP contribution is 2.27. The van der Waals surface area contributed by atoms with Gasteiger partial charge in [0.1, 0.15) is 17.3 Å². The maximum atomic E-state index is 13.2. The summed E-state index contributed by atoms with van der Waals surface area (Å²) in [6, 6.07) is 21.0. The highest BCUT2D eigenvalue weighted by atomic mass is 35.5. The van der Waals surface area contributed by atoms with E-state index >= 15 is 0 Å². The molecule has 0 atom stereocenters. The van der Waals surface area contributed by atoms with Crippen molar-refractivity contribution in [1.29, 1.82) is 0 Å². The van der Waals surface area contributed by atoms with Crippen molar-refractivity contribution < 1.29 is 19.0 Å². The lowest BCUT2D eigenvalue weighted by Gasteiger charge is -2.06. The van der Waals surface area contributed by atoms with E-state index in [0.29, 0.717) is 27.9 Å². The Morgan fingerprint density at radius 1 is 0.931 bits per heavy atom. The summed E-state index contributed by atoms with van der Waals surface area (Å²) in [7, 11) is 0. The first kappa shape index (κ1) is 18.7. The summed E-state index contributed by atoms with van der Waals surface area (Å²) in [5.74, 6) is -0.270. The molecule has 0 aliphatic rings. The van der Waals surface area contributed by atoms with Crippen molar-refractivity contribution in [3.8, 4) is 28.4 Å². The summed E-state index contributed by atoms with van der Waals surface area (Å²) >= 11 is 5.87. The lowest BCUT2D eigenvalue weighted by Crippen LogP contribution is -2.07. The normalized spacial score (nSPS) is 10.7. The van der Waals surface area contributed by atoms with Crippen LogP contribution in [-0.4, -0.2) is 20.9 Å². The van der Waals surface area contributed by atoms with Gasteiger partial charge in [-0.15, -0.1) is 0 Å². The van der Waals surface area contributed by atoms with Gasteiger partial charge in [-0.1, -0.05) is 11.6 Å². The predicted molar refractivity (Wildman–Crippen MR) is 107 cm³/mol. The molecule has 3 aromatic carbocycles. The van der Waals surface area contributed by atoms with E-state index in [0.717, 1.165) is 5.56 Å². The van der Waals surface area contributed by atoms with Crippen LogP contribution in [0.15, 0.2) is 78.9 Å². The van der Waals surface area contributed by atoms with E-state index in [1.807, 2.05) is 0 Å². The minimum Gasteiger partial charge on any atom is -0.477 e. The fraction of sp³-hybridized carbons (Fsp3) is 0. The number of halogens is 2. The third kappa shape index (κ3) is 4.12. The van der Waals surface area contributed by atoms with Crippen molar-refractivity contribution in [2.45, 2.75) is 0 Å². The number of carbonyl (C=O) groups is 1. The molecule has 0 spiro atoms. The summed E-state index contributed by atoms with van der Waals surface area (Å²) in [6.07, 6.45) is 0. The summed E-state index contributed by atoms with van der Waals surface area (Å²) in [4.78, 5) is 11.6. The Morgan fingerprint density at radius 2 is 1.52 bits per heavy atom. The number of nitrogens with zero attached hydrogens (tertiary/aromatic N) is 2. The molecule has 0 fully saturated rings. The second-order valence-corrected chi connectivity index (χ2v) is 6.62. The maximum absolute atomic E-state index is 13.2. The van der Waals surface area contributed by atoms with Crippen LogP contribution in [0, 0.1) is 5.82 Å². The fourth-order valence-electron chi connectivity index (χ4n) is 2.79. The molecule has 7 heteroatoms. The predicted octanol–water partition coefficient (Wildman–Crippen LogP) is 5.82. The van der Waals surface area contributed by atoms with E-state index in [9.17, 15) is 14.3 Å². The fourth-order valence-corrected chi connectivity index (χ4v) is 2.91. The van der Waals surface area contributed by atoms with E-state index in [-0.39, 0.29) is 5.69 Å². The molecule has 4 aromatic rings. The van der Waals surface area contributed by atoms with E-state index in [1.54, 1.807) is 48.5 Å². The minimum atomic E-state index is -1.13. The first-order chi connectivity index (χ1) is 14.0. The third-order valence-corrected chi connectivity index (χ3v) is 4.45. The van der Waals surface area contributed by atoms with Crippen LogP contribution in [0.3, 0.4) is 0 Å². The van der Waals surface area contributed by atoms with Crippen molar-refractivity contribution in [2.24, 2.45) is 0 Å². The van der Waals surface area contributed by atoms with E-state index < -0.39 is 11.8 Å². The Balaban J connectivity index is 1.62. The van der Waals surface area contributed by atoms with Crippen LogP contribution in [0.2, 0.25) is 5.02 Å².